The van der Waals surface area contributed by atoms with E-state index in [1.165, 1.54) is 22.4 Å². The average Bonchev–Trinajstić information content (AvgIpc) is 2.94. The minimum absolute atomic E-state index is 0.855. The predicted molar refractivity (Wildman–Crippen MR) is 79.6 cm³/mol. The van der Waals surface area contributed by atoms with E-state index >= 15 is 0 Å². The van der Waals surface area contributed by atoms with E-state index in [1.54, 1.807) is 0 Å². The van der Waals surface area contributed by atoms with E-state index in [9.17, 15) is 0 Å². The summed E-state index contributed by atoms with van der Waals surface area (Å²) in [5.41, 5.74) is 13.1. The van der Waals surface area contributed by atoms with Gasteiger partial charge in [-0.25, -0.2) is 0 Å². The van der Waals surface area contributed by atoms with E-state index in [-0.39, 0.29) is 0 Å². The monoisotopic (exact) mass is 253 g/mol. The van der Waals surface area contributed by atoms with Gasteiger partial charge in [0.05, 0.1) is 11.4 Å². The van der Waals surface area contributed by atoms with Gasteiger partial charge in [0, 0.05) is 12.7 Å². The van der Waals surface area contributed by atoms with Crippen molar-refractivity contribution in [3.05, 3.63) is 46.8 Å². The van der Waals surface area contributed by atoms with Crippen molar-refractivity contribution in [3.63, 3.8) is 0 Å². The zero-order valence-electron chi connectivity index (χ0n) is 11.5. The highest BCUT2D eigenvalue weighted by Gasteiger charge is 2.16. The minimum atomic E-state index is 0.855. The van der Waals surface area contributed by atoms with Gasteiger partial charge in [0.15, 0.2) is 0 Å². The van der Waals surface area contributed by atoms with E-state index < -0.39 is 0 Å². The first-order valence-electron chi connectivity index (χ1n) is 6.79. The molecule has 0 spiro atoms. The second kappa shape index (κ2) is 4.57. The van der Waals surface area contributed by atoms with Crippen molar-refractivity contribution in [1.82, 2.24) is 9.78 Å². The summed E-state index contributed by atoms with van der Waals surface area (Å²) in [6.45, 7) is 2.13. The average molecular weight is 253 g/mol. The van der Waals surface area contributed by atoms with Crippen LogP contribution in [0.2, 0.25) is 0 Å². The van der Waals surface area contributed by atoms with Crippen LogP contribution in [0.1, 0.15) is 35.9 Å². The molecule has 0 amide bonds. The number of anilines is 1. The molecule has 0 aliphatic heterocycles. The second-order valence-corrected chi connectivity index (χ2v) is 5.12. The molecule has 98 valence electrons. The SMILES string of the molecule is CCc1cc(C=C2CCc3cc(N)ccc32)n(C)n1. The van der Waals surface area contributed by atoms with Gasteiger partial charge in [-0.2, -0.15) is 5.10 Å². The number of fused-ring (bicyclic) bond motifs is 1. The van der Waals surface area contributed by atoms with Gasteiger partial charge in [0.25, 0.3) is 0 Å². The standard InChI is InChI=1S/C16H19N3/c1-3-14-10-15(19(2)18-14)9-12-5-4-11-8-13(17)6-7-16(11)12/h6-10H,3-5,17H2,1-2H3. The first kappa shape index (κ1) is 12.0. The van der Waals surface area contributed by atoms with Crippen molar-refractivity contribution in [2.45, 2.75) is 26.2 Å². The molecule has 19 heavy (non-hydrogen) atoms. The summed E-state index contributed by atoms with van der Waals surface area (Å²) < 4.78 is 1.96. The number of hydrogen-bond acceptors (Lipinski definition) is 2. The summed E-state index contributed by atoms with van der Waals surface area (Å²) >= 11 is 0. The fourth-order valence-corrected chi connectivity index (χ4v) is 2.72. The summed E-state index contributed by atoms with van der Waals surface area (Å²) in [4.78, 5) is 0. The lowest BCUT2D eigenvalue weighted by Gasteiger charge is -2.02. The fourth-order valence-electron chi connectivity index (χ4n) is 2.72. The van der Waals surface area contributed by atoms with Gasteiger partial charge in [-0.15, -0.1) is 0 Å². The zero-order valence-corrected chi connectivity index (χ0v) is 11.5. The van der Waals surface area contributed by atoms with E-state index in [0.29, 0.717) is 0 Å². The van der Waals surface area contributed by atoms with E-state index in [2.05, 4.69) is 36.3 Å². The normalized spacial score (nSPS) is 16.0. The quantitative estimate of drug-likeness (QED) is 0.836. The largest absolute Gasteiger partial charge is 0.399 e. The Morgan fingerprint density at radius 2 is 2.16 bits per heavy atom. The molecule has 2 aromatic rings. The second-order valence-electron chi connectivity index (χ2n) is 5.12. The molecule has 1 aliphatic rings. The van der Waals surface area contributed by atoms with Gasteiger partial charge < -0.3 is 5.73 Å². The third-order valence-electron chi connectivity index (χ3n) is 3.79. The molecule has 0 fully saturated rings. The molecule has 0 saturated carbocycles. The third-order valence-corrected chi connectivity index (χ3v) is 3.79. The van der Waals surface area contributed by atoms with Gasteiger partial charge in [0.2, 0.25) is 0 Å². The van der Waals surface area contributed by atoms with Crippen LogP contribution in [-0.2, 0) is 19.9 Å². The maximum atomic E-state index is 5.84. The van der Waals surface area contributed by atoms with Crippen LogP contribution in [-0.4, -0.2) is 9.78 Å². The van der Waals surface area contributed by atoms with Crippen molar-refractivity contribution in [2.75, 3.05) is 5.73 Å². The molecule has 3 heteroatoms. The van der Waals surface area contributed by atoms with Crippen LogP contribution >= 0.6 is 0 Å². The number of rotatable bonds is 2. The summed E-state index contributed by atoms with van der Waals surface area (Å²) in [6, 6.07) is 8.39. The molecule has 0 saturated heterocycles. The van der Waals surface area contributed by atoms with Crippen LogP contribution in [0.3, 0.4) is 0 Å². The molecule has 2 N–H and O–H groups in total. The summed E-state index contributed by atoms with van der Waals surface area (Å²) in [7, 11) is 2.00. The van der Waals surface area contributed by atoms with Gasteiger partial charge in [-0.05, 0) is 60.2 Å². The maximum absolute atomic E-state index is 5.84. The maximum Gasteiger partial charge on any atom is 0.0628 e. The third kappa shape index (κ3) is 2.16. The first-order valence-corrected chi connectivity index (χ1v) is 6.79. The Bertz CT molecular complexity index is 650. The van der Waals surface area contributed by atoms with Crippen LogP contribution in [0.25, 0.3) is 11.6 Å². The molecule has 3 rings (SSSR count). The first-order chi connectivity index (χ1) is 9.17. The highest BCUT2D eigenvalue weighted by atomic mass is 15.3. The summed E-state index contributed by atoms with van der Waals surface area (Å²) in [5.74, 6) is 0. The van der Waals surface area contributed by atoms with E-state index in [4.69, 9.17) is 5.73 Å². The highest BCUT2D eigenvalue weighted by Crippen LogP contribution is 2.34. The minimum Gasteiger partial charge on any atom is -0.399 e. The highest BCUT2D eigenvalue weighted by molar-refractivity contribution is 5.85. The number of aromatic nitrogens is 2. The van der Waals surface area contributed by atoms with Crippen molar-refractivity contribution in [2.24, 2.45) is 7.05 Å². The number of nitrogens with two attached hydrogens (primary N) is 1. The molecule has 1 aromatic heterocycles. The number of aryl methyl sites for hydroxylation is 3. The lowest BCUT2D eigenvalue weighted by Crippen LogP contribution is -1.94. The molecular formula is C16H19N3. The molecule has 0 bridgehead atoms. The number of nitrogens with zero attached hydrogens (tertiary/aromatic N) is 2. The molecule has 0 atom stereocenters. The van der Waals surface area contributed by atoms with Gasteiger partial charge in [-0.3, -0.25) is 4.68 Å². The van der Waals surface area contributed by atoms with Gasteiger partial charge in [-0.1, -0.05) is 13.0 Å². The Morgan fingerprint density at radius 3 is 2.89 bits per heavy atom. The lowest BCUT2D eigenvalue weighted by atomic mass is 10.1. The predicted octanol–water partition coefficient (Wildman–Crippen LogP) is 3.05. The van der Waals surface area contributed by atoms with Crippen LogP contribution in [0, 0.1) is 0 Å². The Kier molecular flexibility index (Phi) is 2.90. The molecule has 1 heterocycles. The molecule has 0 radical (unpaired) electrons. The number of nitrogen functional groups attached to an aromatic ring is 1. The molecule has 3 nitrogen and oxygen atoms in total. The number of benzene rings is 1. The Hall–Kier alpha value is -2.03. The lowest BCUT2D eigenvalue weighted by molar-refractivity contribution is 0.739. The molecule has 0 unspecified atom stereocenters. The Balaban J connectivity index is 2.00. The number of hydrogen-bond donors (Lipinski definition) is 1. The smallest absolute Gasteiger partial charge is 0.0628 e. The molecule has 1 aromatic carbocycles. The van der Waals surface area contributed by atoms with Crippen LogP contribution < -0.4 is 5.73 Å². The van der Waals surface area contributed by atoms with Crippen LogP contribution in [0.5, 0.6) is 0 Å². The molecule has 1 aliphatic carbocycles. The van der Waals surface area contributed by atoms with Crippen molar-refractivity contribution >= 4 is 17.3 Å². The fraction of sp³-hybridized carbons (Fsp3) is 0.312. The number of allylic oxidation sites excluding steroid dienone is 1. The molecular weight excluding hydrogens is 234 g/mol. The zero-order chi connectivity index (χ0) is 13.4. The van der Waals surface area contributed by atoms with Crippen molar-refractivity contribution < 1.29 is 0 Å². The Morgan fingerprint density at radius 1 is 1.32 bits per heavy atom. The summed E-state index contributed by atoms with van der Waals surface area (Å²) in [5, 5.41) is 4.49. The van der Waals surface area contributed by atoms with E-state index in [0.717, 1.165) is 30.6 Å². The van der Waals surface area contributed by atoms with Crippen molar-refractivity contribution in [3.8, 4) is 0 Å². The van der Waals surface area contributed by atoms with Gasteiger partial charge >= 0.3 is 0 Å². The van der Waals surface area contributed by atoms with Crippen LogP contribution in [0.4, 0.5) is 5.69 Å². The Labute approximate surface area is 113 Å². The van der Waals surface area contributed by atoms with E-state index in [1.807, 2.05) is 17.8 Å². The topological polar surface area (TPSA) is 43.8 Å². The summed E-state index contributed by atoms with van der Waals surface area (Å²) in [6.07, 6.45) is 5.41. The van der Waals surface area contributed by atoms with Crippen LogP contribution in [0.15, 0.2) is 24.3 Å². The van der Waals surface area contributed by atoms with Crippen molar-refractivity contribution in [1.29, 1.82) is 0 Å². The van der Waals surface area contributed by atoms with Gasteiger partial charge in [0.1, 0.15) is 0 Å².